The number of aliphatic hydroxyl groups is 1. The van der Waals surface area contributed by atoms with Crippen molar-refractivity contribution < 1.29 is 50.5 Å². The van der Waals surface area contributed by atoms with E-state index in [0.717, 1.165) is 28.8 Å². The second-order valence-corrected chi connectivity index (χ2v) is 10.0. The molecule has 40 heavy (non-hydrogen) atoms. The lowest BCUT2D eigenvalue weighted by molar-refractivity contribution is -0.254. The van der Waals surface area contributed by atoms with Crippen LogP contribution in [0.15, 0.2) is 24.3 Å². The van der Waals surface area contributed by atoms with Gasteiger partial charge in [0.2, 0.25) is 0 Å². The molecule has 2 amide bonds. The van der Waals surface area contributed by atoms with Crippen molar-refractivity contribution in [1.29, 1.82) is 0 Å². The lowest BCUT2D eigenvalue weighted by Crippen LogP contribution is -2.55. The number of hydrogen-bond donors (Lipinski definition) is 3. The predicted octanol–water partition coefficient (Wildman–Crippen LogP) is 4.16. The van der Waals surface area contributed by atoms with Gasteiger partial charge in [-0.25, -0.2) is 26.3 Å². The Bertz CT molecular complexity index is 2030. The van der Waals surface area contributed by atoms with Crippen molar-refractivity contribution in [1.82, 2.24) is 14.9 Å². The maximum Gasteiger partial charge on any atom is 0.304 e. The van der Waals surface area contributed by atoms with Crippen molar-refractivity contribution in [2.24, 2.45) is 0 Å². The number of ether oxygens (including phenoxy) is 2. The number of amides is 2. The van der Waals surface area contributed by atoms with Gasteiger partial charge in [-0.15, -0.1) is 0 Å². The first-order valence-electron chi connectivity index (χ1n) is 12.0. The third kappa shape index (κ3) is 2.68. The number of halogens is 6. The molecule has 8 rings (SSSR count). The number of alkyl halides is 2. The van der Waals surface area contributed by atoms with Crippen molar-refractivity contribution >= 4 is 55.4 Å². The number of imide groups is 1. The van der Waals surface area contributed by atoms with Crippen LogP contribution in [0.1, 0.15) is 26.9 Å². The second kappa shape index (κ2) is 7.33. The van der Waals surface area contributed by atoms with Gasteiger partial charge in [-0.1, -0.05) is 0 Å². The molecule has 0 spiro atoms. The van der Waals surface area contributed by atoms with Gasteiger partial charge in [-0.2, -0.15) is 0 Å². The third-order valence-electron chi connectivity index (χ3n) is 7.95. The highest BCUT2D eigenvalue weighted by atomic mass is 19.3. The highest BCUT2D eigenvalue weighted by molar-refractivity contribution is 6.39. The third-order valence-corrected chi connectivity index (χ3v) is 7.95. The van der Waals surface area contributed by atoms with Gasteiger partial charge >= 0.3 is 5.92 Å². The Morgan fingerprint density at radius 1 is 0.900 bits per heavy atom. The van der Waals surface area contributed by atoms with Crippen LogP contribution in [0.2, 0.25) is 0 Å². The molecule has 2 aromatic heterocycles. The van der Waals surface area contributed by atoms with Gasteiger partial charge in [0.1, 0.15) is 12.2 Å². The molecule has 8 nitrogen and oxygen atoms in total. The van der Waals surface area contributed by atoms with Gasteiger partial charge in [-0.3, -0.25) is 14.9 Å². The fourth-order valence-electron chi connectivity index (χ4n) is 6.29. The molecule has 0 unspecified atom stereocenters. The number of hydrogen-bond acceptors (Lipinski definition) is 5. The van der Waals surface area contributed by atoms with Gasteiger partial charge < -0.3 is 24.1 Å². The van der Waals surface area contributed by atoms with Crippen molar-refractivity contribution in [2.45, 2.75) is 30.5 Å². The Balaban J connectivity index is 1.61. The van der Waals surface area contributed by atoms with Gasteiger partial charge in [-0.05, 0) is 12.1 Å². The van der Waals surface area contributed by atoms with E-state index in [4.69, 9.17) is 9.47 Å². The van der Waals surface area contributed by atoms with Crippen LogP contribution in [0.4, 0.5) is 26.3 Å². The zero-order valence-corrected chi connectivity index (χ0v) is 19.6. The topological polar surface area (TPSA) is 106 Å². The van der Waals surface area contributed by atoms with Gasteiger partial charge in [0.05, 0.1) is 34.3 Å². The molecular formula is C26H13F6N3O5. The van der Waals surface area contributed by atoms with E-state index >= 15 is 0 Å². The Morgan fingerprint density at radius 2 is 1.52 bits per heavy atom. The summed E-state index contributed by atoms with van der Waals surface area (Å²) in [6, 6.07) is 3.15. The minimum absolute atomic E-state index is 0.00460. The van der Waals surface area contributed by atoms with Crippen LogP contribution >= 0.6 is 0 Å². The SMILES string of the molecule is O=C1NC(=O)c2c1c1c3cc(F)c(F)cc3[nH]c1c1c2c2cc(F)c(F)cc2n1[C@@H]1O[C@@H]2CO[C@H]([C@H]1O)C2(F)F. The van der Waals surface area contributed by atoms with E-state index in [0.29, 0.717) is 0 Å². The molecule has 5 heterocycles. The summed E-state index contributed by atoms with van der Waals surface area (Å²) >= 11 is 0. The highest BCUT2D eigenvalue weighted by Gasteiger charge is 2.64. The van der Waals surface area contributed by atoms with Gasteiger partial charge in [0.15, 0.2) is 35.6 Å². The van der Waals surface area contributed by atoms with Gasteiger partial charge in [0, 0.05) is 39.2 Å². The van der Waals surface area contributed by atoms with Crippen LogP contribution in [0.5, 0.6) is 0 Å². The number of carbonyl (C=O) groups is 2. The lowest BCUT2D eigenvalue weighted by atomic mass is 9.96. The summed E-state index contributed by atoms with van der Waals surface area (Å²) in [5.41, 5.74) is -0.761. The number of carbonyl (C=O) groups excluding carboxylic acids is 2. The Labute approximate surface area is 217 Å². The predicted molar refractivity (Wildman–Crippen MR) is 125 cm³/mol. The van der Waals surface area contributed by atoms with E-state index in [1.54, 1.807) is 0 Å². The Hall–Kier alpha value is -4.14. The molecule has 3 N–H and O–H groups in total. The van der Waals surface area contributed by atoms with E-state index in [9.17, 15) is 41.0 Å². The molecule has 0 aliphatic carbocycles. The van der Waals surface area contributed by atoms with E-state index < -0.39 is 72.2 Å². The minimum atomic E-state index is -3.56. The van der Waals surface area contributed by atoms with Crippen molar-refractivity contribution in [3.8, 4) is 0 Å². The molecule has 0 radical (unpaired) electrons. The maximum atomic E-state index is 14.7. The molecule has 2 fully saturated rings. The molecular weight excluding hydrogens is 548 g/mol. The zero-order chi connectivity index (χ0) is 28.0. The quantitative estimate of drug-likeness (QED) is 0.211. The first-order chi connectivity index (χ1) is 19.0. The normalized spacial score (nSPS) is 25.6. The van der Waals surface area contributed by atoms with Crippen LogP contribution in [0, 0.1) is 23.3 Å². The molecule has 0 saturated carbocycles. The molecule has 204 valence electrons. The summed E-state index contributed by atoms with van der Waals surface area (Å²) in [6.45, 7) is -0.558. The molecule has 5 aromatic rings. The monoisotopic (exact) mass is 561 g/mol. The number of nitrogens with one attached hydrogen (secondary N) is 2. The number of aromatic nitrogens is 2. The molecule has 2 saturated heterocycles. The average Bonchev–Trinajstić information content (AvgIpc) is 3.54. The summed E-state index contributed by atoms with van der Waals surface area (Å²) < 4.78 is 99.0. The summed E-state index contributed by atoms with van der Waals surface area (Å²) in [6.07, 6.45) is -7.50. The van der Waals surface area contributed by atoms with Crippen molar-refractivity contribution in [3.05, 3.63) is 58.7 Å². The fraction of sp³-hybridized carbons (Fsp3) is 0.231. The van der Waals surface area contributed by atoms with Crippen LogP contribution in [0.25, 0.3) is 43.6 Å². The maximum absolute atomic E-state index is 14.7. The number of aliphatic hydroxyl groups excluding tert-OH is 1. The van der Waals surface area contributed by atoms with Crippen LogP contribution in [-0.2, 0) is 9.47 Å². The Morgan fingerprint density at radius 3 is 2.25 bits per heavy atom. The standard InChI is InChI=1S/C26H13F6N3O5/c27-8-1-6-12(3-10(8)29)33-19-15(6)17-18(24(38)34-23(17)37)16-7-2-9(28)11(30)4-13(7)35(20(16)19)25-21(36)22-26(31,32)14(40-25)5-39-22/h1-4,14,21-22,25,33,36H,5H2,(H,34,37,38)/t14-,21-,22-,25-/m1/s1. The summed E-state index contributed by atoms with van der Waals surface area (Å²) in [5.74, 6) is -10.5. The lowest BCUT2D eigenvalue weighted by Gasteiger charge is -2.38. The van der Waals surface area contributed by atoms with E-state index in [1.807, 2.05) is 0 Å². The second-order valence-electron chi connectivity index (χ2n) is 10.0. The fourth-order valence-corrected chi connectivity index (χ4v) is 6.29. The first kappa shape index (κ1) is 23.7. The summed E-state index contributed by atoms with van der Waals surface area (Å²) in [4.78, 5) is 29.0. The zero-order valence-electron chi connectivity index (χ0n) is 19.6. The number of H-pyrrole nitrogens is 1. The van der Waals surface area contributed by atoms with Crippen LogP contribution < -0.4 is 5.32 Å². The molecule has 2 bridgehead atoms. The van der Waals surface area contributed by atoms with E-state index in [1.165, 1.54) is 0 Å². The van der Waals surface area contributed by atoms with E-state index in [2.05, 4.69) is 10.3 Å². The number of aromatic amines is 1. The molecule has 3 aliphatic heterocycles. The van der Waals surface area contributed by atoms with Crippen molar-refractivity contribution in [3.63, 3.8) is 0 Å². The first-order valence-corrected chi connectivity index (χ1v) is 12.0. The molecule has 4 atom stereocenters. The number of benzene rings is 3. The van der Waals surface area contributed by atoms with E-state index in [-0.39, 0.29) is 54.7 Å². The van der Waals surface area contributed by atoms with Crippen molar-refractivity contribution in [2.75, 3.05) is 6.61 Å². The largest absolute Gasteiger partial charge is 0.385 e. The highest BCUT2D eigenvalue weighted by Crippen LogP contribution is 2.50. The number of rotatable bonds is 1. The molecule has 3 aromatic carbocycles. The minimum Gasteiger partial charge on any atom is -0.385 e. The van der Waals surface area contributed by atoms with Crippen LogP contribution in [-0.4, -0.2) is 57.3 Å². The van der Waals surface area contributed by atoms with Gasteiger partial charge in [0.25, 0.3) is 11.8 Å². The number of nitrogens with zero attached hydrogens (tertiary/aromatic N) is 1. The summed E-state index contributed by atoms with van der Waals surface area (Å²) in [7, 11) is 0. The van der Waals surface area contributed by atoms with Crippen LogP contribution in [0.3, 0.4) is 0 Å². The molecule has 14 heteroatoms. The smallest absolute Gasteiger partial charge is 0.304 e. The Kier molecular flexibility index (Phi) is 4.34. The molecule has 3 aliphatic rings. The average molecular weight is 561 g/mol. The summed E-state index contributed by atoms with van der Waals surface area (Å²) in [5, 5.41) is 12.9. The number of fused-ring (bicyclic) bond motifs is 12.